The van der Waals surface area contributed by atoms with E-state index in [2.05, 4.69) is 13.8 Å². The SMILES string of the molecule is CCc1sc(C(=O)N(C)CCOc2ccc(Cl)cc2)cc1C. The van der Waals surface area contributed by atoms with Crippen molar-refractivity contribution in [3.63, 3.8) is 0 Å². The molecule has 0 N–H and O–H groups in total. The minimum atomic E-state index is 0.0486. The maximum absolute atomic E-state index is 12.4. The summed E-state index contributed by atoms with van der Waals surface area (Å²) < 4.78 is 5.62. The molecule has 0 radical (unpaired) electrons. The number of ether oxygens (including phenoxy) is 1. The molecule has 0 atom stereocenters. The number of carbonyl (C=O) groups is 1. The van der Waals surface area contributed by atoms with Crippen LogP contribution in [0.25, 0.3) is 0 Å². The quantitative estimate of drug-likeness (QED) is 0.780. The molecule has 1 heterocycles. The molecule has 0 unspecified atom stereocenters. The Morgan fingerprint density at radius 2 is 2.00 bits per heavy atom. The summed E-state index contributed by atoms with van der Waals surface area (Å²) in [7, 11) is 1.80. The molecule has 0 aliphatic heterocycles. The molecule has 0 bridgehead atoms. The van der Waals surface area contributed by atoms with Crippen LogP contribution in [0.3, 0.4) is 0 Å². The van der Waals surface area contributed by atoms with Crippen molar-refractivity contribution >= 4 is 28.8 Å². The zero-order valence-corrected chi connectivity index (χ0v) is 14.6. The number of hydrogen-bond acceptors (Lipinski definition) is 3. The summed E-state index contributed by atoms with van der Waals surface area (Å²) in [6.45, 7) is 5.15. The van der Waals surface area contributed by atoms with Crippen LogP contribution in [0.15, 0.2) is 30.3 Å². The lowest BCUT2D eigenvalue weighted by molar-refractivity contribution is 0.0778. The van der Waals surface area contributed by atoms with E-state index >= 15 is 0 Å². The third-order valence-corrected chi connectivity index (χ3v) is 5.03. The van der Waals surface area contributed by atoms with E-state index in [1.54, 1.807) is 35.4 Å². The van der Waals surface area contributed by atoms with Crippen molar-refractivity contribution < 1.29 is 9.53 Å². The van der Waals surface area contributed by atoms with Gasteiger partial charge in [0.1, 0.15) is 12.4 Å². The Morgan fingerprint density at radius 1 is 1.32 bits per heavy atom. The fraction of sp³-hybridized carbons (Fsp3) is 0.353. The largest absolute Gasteiger partial charge is 0.492 e. The van der Waals surface area contributed by atoms with E-state index in [4.69, 9.17) is 16.3 Å². The van der Waals surface area contributed by atoms with Crippen LogP contribution in [0.4, 0.5) is 0 Å². The first kappa shape index (κ1) is 16.8. The van der Waals surface area contributed by atoms with Crippen LogP contribution in [-0.2, 0) is 6.42 Å². The second-order valence-electron chi connectivity index (χ2n) is 5.10. The predicted octanol–water partition coefficient (Wildman–Crippen LogP) is 4.42. The lowest BCUT2D eigenvalue weighted by Gasteiger charge is -2.16. The normalized spacial score (nSPS) is 10.5. The Morgan fingerprint density at radius 3 is 2.59 bits per heavy atom. The third kappa shape index (κ3) is 4.24. The zero-order chi connectivity index (χ0) is 16.1. The smallest absolute Gasteiger partial charge is 0.263 e. The number of nitrogens with zero attached hydrogens (tertiary/aromatic N) is 1. The number of halogens is 1. The van der Waals surface area contributed by atoms with Crippen molar-refractivity contribution in [1.29, 1.82) is 0 Å². The molecule has 2 rings (SSSR count). The van der Waals surface area contributed by atoms with E-state index in [1.807, 2.05) is 18.2 Å². The van der Waals surface area contributed by atoms with Gasteiger partial charge in [0.25, 0.3) is 5.91 Å². The highest BCUT2D eigenvalue weighted by molar-refractivity contribution is 7.14. The van der Waals surface area contributed by atoms with Crippen molar-refractivity contribution in [1.82, 2.24) is 4.90 Å². The van der Waals surface area contributed by atoms with E-state index in [1.165, 1.54) is 10.4 Å². The Labute approximate surface area is 140 Å². The molecule has 0 saturated heterocycles. The van der Waals surface area contributed by atoms with E-state index in [0.717, 1.165) is 17.0 Å². The van der Waals surface area contributed by atoms with Gasteiger partial charge >= 0.3 is 0 Å². The standard InChI is InChI=1S/C17H20ClNO2S/c1-4-15-12(2)11-16(22-15)17(20)19(3)9-10-21-14-7-5-13(18)6-8-14/h5-8,11H,4,9-10H2,1-3H3. The van der Waals surface area contributed by atoms with Crippen molar-refractivity contribution in [3.8, 4) is 5.75 Å². The number of aryl methyl sites for hydroxylation is 2. The summed E-state index contributed by atoms with van der Waals surface area (Å²) in [5.74, 6) is 0.804. The van der Waals surface area contributed by atoms with Crippen molar-refractivity contribution in [2.45, 2.75) is 20.3 Å². The summed E-state index contributed by atoms with van der Waals surface area (Å²) in [6, 6.07) is 9.18. The first-order valence-corrected chi connectivity index (χ1v) is 8.44. The maximum Gasteiger partial charge on any atom is 0.263 e. The van der Waals surface area contributed by atoms with Gasteiger partial charge in [0.2, 0.25) is 0 Å². The van der Waals surface area contributed by atoms with Gasteiger partial charge < -0.3 is 9.64 Å². The number of benzene rings is 1. The first-order valence-electron chi connectivity index (χ1n) is 7.24. The van der Waals surface area contributed by atoms with Gasteiger partial charge in [-0.2, -0.15) is 0 Å². The maximum atomic E-state index is 12.4. The lowest BCUT2D eigenvalue weighted by atomic mass is 10.2. The fourth-order valence-electron chi connectivity index (χ4n) is 2.10. The molecule has 0 aliphatic rings. The van der Waals surface area contributed by atoms with Gasteiger partial charge in [0.15, 0.2) is 0 Å². The molecule has 22 heavy (non-hydrogen) atoms. The van der Waals surface area contributed by atoms with Gasteiger partial charge in [-0.25, -0.2) is 0 Å². The summed E-state index contributed by atoms with van der Waals surface area (Å²) in [4.78, 5) is 16.1. The summed E-state index contributed by atoms with van der Waals surface area (Å²) in [5.41, 5.74) is 1.20. The van der Waals surface area contributed by atoms with Crippen molar-refractivity contribution in [2.75, 3.05) is 20.2 Å². The van der Waals surface area contributed by atoms with E-state index in [9.17, 15) is 4.79 Å². The highest BCUT2D eigenvalue weighted by atomic mass is 35.5. The molecular weight excluding hydrogens is 318 g/mol. The highest BCUT2D eigenvalue weighted by Gasteiger charge is 2.15. The second kappa shape index (κ2) is 7.65. The number of thiophene rings is 1. The predicted molar refractivity (Wildman–Crippen MR) is 92.3 cm³/mol. The van der Waals surface area contributed by atoms with E-state index in [0.29, 0.717) is 18.2 Å². The molecule has 118 valence electrons. The highest BCUT2D eigenvalue weighted by Crippen LogP contribution is 2.23. The Hall–Kier alpha value is -1.52. The number of likely N-dealkylation sites (N-methyl/N-ethyl adjacent to an activating group) is 1. The van der Waals surface area contributed by atoms with Crippen LogP contribution >= 0.6 is 22.9 Å². The zero-order valence-electron chi connectivity index (χ0n) is 13.1. The monoisotopic (exact) mass is 337 g/mol. The molecule has 2 aromatic rings. The van der Waals surface area contributed by atoms with Gasteiger partial charge in [0.05, 0.1) is 11.4 Å². The van der Waals surface area contributed by atoms with Gasteiger partial charge in [-0.3, -0.25) is 4.79 Å². The number of carbonyl (C=O) groups excluding carboxylic acids is 1. The summed E-state index contributed by atoms with van der Waals surface area (Å²) in [6.07, 6.45) is 0.965. The average Bonchev–Trinajstić information content (AvgIpc) is 2.89. The average molecular weight is 338 g/mol. The molecule has 0 aliphatic carbocycles. The minimum Gasteiger partial charge on any atom is -0.492 e. The minimum absolute atomic E-state index is 0.0486. The van der Waals surface area contributed by atoms with Crippen LogP contribution in [0.1, 0.15) is 27.0 Å². The van der Waals surface area contributed by atoms with Gasteiger partial charge in [0, 0.05) is 16.9 Å². The molecule has 5 heteroatoms. The van der Waals surface area contributed by atoms with Crippen LogP contribution in [0, 0.1) is 6.92 Å². The van der Waals surface area contributed by atoms with E-state index < -0.39 is 0 Å². The fourth-order valence-corrected chi connectivity index (χ4v) is 3.33. The summed E-state index contributed by atoms with van der Waals surface area (Å²) in [5, 5.41) is 0.680. The molecule has 1 aromatic heterocycles. The molecule has 3 nitrogen and oxygen atoms in total. The molecule has 0 saturated carbocycles. The molecule has 1 aromatic carbocycles. The van der Waals surface area contributed by atoms with E-state index in [-0.39, 0.29) is 5.91 Å². The number of amides is 1. The molecular formula is C17H20ClNO2S. The molecule has 0 fully saturated rings. The van der Waals surface area contributed by atoms with Gasteiger partial charge in [-0.05, 0) is 49.2 Å². The number of rotatable bonds is 6. The Kier molecular flexibility index (Phi) is 5.86. The number of hydrogen-bond donors (Lipinski definition) is 0. The van der Waals surface area contributed by atoms with Crippen LogP contribution in [0.5, 0.6) is 5.75 Å². The topological polar surface area (TPSA) is 29.5 Å². The second-order valence-corrected chi connectivity index (χ2v) is 6.67. The van der Waals surface area contributed by atoms with Crippen LogP contribution < -0.4 is 4.74 Å². The van der Waals surface area contributed by atoms with Crippen molar-refractivity contribution in [2.24, 2.45) is 0 Å². The van der Waals surface area contributed by atoms with Gasteiger partial charge in [-0.1, -0.05) is 18.5 Å². The lowest BCUT2D eigenvalue weighted by Crippen LogP contribution is -2.30. The summed E-state index contributed by atoms with van der Waals surface area (Å²) >= 11 is 7.41. The Balaban J connectivity index is 1.87. The molecule has 0 spiro atoms. The third-order valence-electron chi connectivity index (χ3n) is 3.41. The van der Waals surface area contributed by atoms with Gasteiger partial charge in [-0.15, -0.1) is 11.3 Å². The first-order chi connectivity index (χ1) is 10.5. The Bertz CT molecular complexity index is 637. The van der Waals surface area contributed by atoms with Crippen LogP contribution in [-0.4, -0.2) is 31.0 Å². The molecule has 1 amide bonds. The van der Waals surface area contributed by atoms with Crippen LogP contribution in [0.2, 0.25) is 5.02 Å². The van der Waals surface area contributed by atoms with Crippen molar-refractivity contribution in [3.05, 3.63) is 50.7 Å².